The Labute approximate surface area is 139 Å². The average molecular weight is 331 g/mol. The van der Waals surface area contributed by atoms with Gasteiger partial charge in [0.1, 0.15) is 24.2 Å². The van der Waals surface area contributed by atoms with Crippen LogP contribution in [-0.4, -0.2) is 25.5 Å². The van der Waals surface area contributed by atoms with Crippen LogP contribution in [0.3, 0.4) is 0 Å². The first-order valence-corrected chi connectivity index (χ1v) is 7.37. The van der Waals surface area contributed by atoms with Crippen molar-refractivity contribution in [2.75, 3.05) is 13.7 Å². The smallest absolute Gasteiger partial charge is 0.326 e. The topological polar surface area (TPSA) is 64.6 Å². The van der Waals surface area contributed by atoms with E-state index in [0.29, 0.717) is 16.9 Å². The van der Waals surface area contributed by atoms with E-state index in [4.69, 9.17) is 9.47 Å². The maximum atomic E-state index is 12.9. The Bertz CT molecular complexity index is 715. The second-order valence-electron chi connectivity index (χ2n) is 5.10. The second-order valence-corrected chi connectivity index (χ2v) is 5.10. The lowest BCUT2D eigenvalue weighted by Crippen LogP contribution is -2.31. The molecule has 1 atom stereocenters. The van der Waals surface area contributed by atoms with Crippen LogP contribution in [0.25, 0.3) is 0 Å². The second kappa shape index (κ2) is 8.10. The number of methoxy groups -OCH3 is 1. The van der Waals surface area contributed by atoms with E-state index in [1.54, 1.807) is 43.3 Å². The fraction of sp³-hybridized carbons (Fsp3) is 0.222. The van der Waals surface area contributed by atoms with Crippen LogP contribution in [0.1, 0.15) is 28.9 Å². The molecule has 0 bridgehead atoms. The average Bonchev–Trinajstić information content (AvgIpc) is 2.60. The van der Waals surface area contributed by atoms with Gasteiger partial charge in [0.25, 0.3) is 5.91 Å². The van der Waals surface area contributed by atoms with Crippen LogP contribution in [0, 0.1) is 5.82 Å². The summed E-state index contributed by atoms with van der Waals surface area (Å²) in [6, 6.07) is 12.3. The monoisotopic (exact) mass is 331 g/mol. The Morgan fingerprint density at radius 1 is 1.17 bits per heavy atom. The highest BCUT2D eigenvalue weighted by Crippen LogP contribution is 2.17. The van der Waals surface area contributed by atoms with Crippen molar-refractivity contribution in [3.63, 3.8) is 0 Å². The highest BCUT2D eigenvalue weighted by atomic mass is 19.1. The third-order valence-corrected chi connectivity index (χ3v) is 3.37. The van der Waals surface area contributed by atoms with Crippen molar-refractivity contribution in [1.82, 2.24) is 5.32 Å². The van der Waals surface area contributed by atoms with Gasteiger partial charge in [-0.1, -0.05) is 18.2 Å². The molecular formula is C18H18FNO4. The Morgan fingerprint density at radius 2 is 1.88 bits per heavy atom. The van der Waals surface area contributed by atoms with E-state index in [9.17, 15) is 14.0 Å². The van der Waals surface area contributed by atoms with Crippen molar-refractivity contribution in [3.05, 3.63) is 65.5 Å². The molecule has 2 rings (SSSR count). The third kappa shape index (κ3) is 4.81. The molecule has 0 heterocycles. The maximum absolute atomic E-state index is 12.9. The molecule has 0 fully saturated rings. The summed E-state index contributed by atoms with van der Waals surface area (Å²) >= 11 is 0. The number of hydrogen-bond acceptors (Lipinski definition) is 4. The summed E-state index contributed by atoms with van der Waals surface area (Å²) in [5, 5.41) is 2.49. The first-order valence-electron chi connectivity index (χ1n) is 7.37. The van der Waals surface area contributed by atoms with E-state index in [1.165, 1.54) is 19.2 Å². The van der Waals surface area contributed by atoms with Gasteiger partial charge in [-0.3, -0.25) is 9.59 Å². The van der Waals surface area contributed by atoms with Gasteiger partial charge >= 0.3 is 5.97 Å². The Kier molecular flexibility index (Phi) is 5.89. The van der Waals surface area contributed by atoms with Crippen LogP contribution in [0.4, 0.5) is 4.39 Å². The van der Waals surface area contributed by atoms with Crippen molar-refractivity contribution < 1.29 is 23.5 Å². The summed E-state index contributed by atoms with van der Waals surface area (Å²) in [5.74, 6) is -0.790. The Hall–Kier alpha value is -2.89. The predicted molar refractivity (Wildman–Crippen MR) is 86.2 cm³/mol. The number of amides is 1. The van der Waals surface area contributed by atoms with Gasteiger partial charge in [0, 0.05) is 5.56 Å². The van der Waals surface area contributed by atoms with Crippen LogP contribution in [-0.2, 0) is 9.53 Å². The molecule has 0 saturated heterocycles. The van der Waals surface area contributed by atoms with Crippen LogP contribution < -0.4 is 10.1 Å². The van der Waals surface area contributed by atoms with E-state index in [0.717, 1.165) is 0 Å². The Morgan fingerprint density at radius 3 is 2.54 bits per heavy atom. The largest absolute Gasteiger partial charge is 0.497 e. The molecule has 0 aromatic heterocycles. The summed E-state index contributed by atoms with van der Waals surface area (Å²) in [6.45, 7) is 1.41. The van der Waals surface area contributed by atoms with Crippen molar-refractivity contribution >= 4 is 11.9 Å². The molecule has 0 saturated carbocycles. The minimum Gasteiger partial charge on any atom is -0.497 e. The molecule has 2 aromatic carbocycles. The zero-order valence-corrected chi connectivity index (χ0v) is 13.4. The number of halogens is 1. The van der Waals surface area contributed by atoms with Gasteiger partial charge in [0.2, 0.25) is 0 Å². The van der Waals surface area contributed by atoms with E-state index < -0.39 is 18.0 Å². The number of hydrogen-bond donors (Lipinski definition) is 1. The summed E-state index contributed by atoms with van der Waals surface area (Å²) in [7, 11) is 1.51. The van der Waals surface area contributed by atoms with E-state index in [2.05, 4.69) is 5.32 Å². The minimum atomic E-state index is -0.580. The predicted octanol–water partition coefficient (Wildman–Crippen LogP) is 2.87. The van der Waals surface area contributed by atoms with E-state index >= 15 is 0 Å². The van der Waals surface area contributed by atoms with Gasteiger partial charge in [0.15, 0.2) is 0 Å². The van der Waals surface area contributed by atoms with Gasteiger partial charge in [0.05, 0.1) is 7.11 Å². The maximum Gasteiger partial charge on any atom is 0.326 e. The molecular weight excluding hydrogens is 313 g/mol. The summed E-state index contributed by atoms with van der Waals surface area (Å²) in [4.78, 5) is 23.8. The lowest BCUT2D eigenvalue weighted by atomic mass is 10.1. The number of ether oxygens (including phenoxy) is 2. The van der Waals surface area contributed by atoms with Crippen molar-refractivity contribution in [2.24, 2.45) is 0 Å². The first kappa shape index (κ1) is 17.5. The van der Waals surface area contributed by atoms with Crippen LogP contribution in [0.2, 0.25) is 0 Å². The van der Waals surface area contributed by atoms with Gasteiger partial charge in [-0.2, -0.15) is 0 Å². The molecule has 0 radical (unpaired) electrons. The SMILES string of the molecule is COc1cccc(C(=O)NCC(=O)O[C@@H](C)c2ccc(F)cc2)c1. The lowest BCUT2D eigenvalue weighted by molar-refractivity contribution is -0.147. The van der Waals surface area contributed by atoms with Gasteiger partial charge in [-0.25, -0.2) is 4.39 Å². The summed E-state index contributed by atoms with van der Waals surface area (Å²) in [5.41, 5.74) is 1.05. The van der Waals surface area contributed by atoms with Crippen molar-refractivity contribution in [3.8, 4) is 5.75 Å². The number of benzene rings is 2. The van der Waals surface area contributed by atoms with Gasteiger partial charge in [-0.15, -0.1) is 0 Å². The van der Waals surface area contributed by atoms with Crippen molar-refractivity contribution in [2.45, 2.75) is 13.0 Å². The molecule has 1 amide bonds. The number of nitrogens with one attached hydrogen (secondary N) is 1. The lowest BCUT2D eigenvalue weighted by Gasteiger charge is -2.14. The third-order valence-electron chi connectivity index (χ3n) is 3.37. The Balaban J connectivity index is 1.86. The van der Waals surface area contributed by atoms with Crippen LogP contribution >= 0.6 is 0 Å². The molecule has 6 heteroatoms. The molecule has 0 aliphatic carbocycles. The number of carbonyl (C=O) groups is 2. The highest BCUT2D eigenvalue weighted by molar-refractivity contribution is 5.96. The highest BCUT2D eigenvalue weighted by Gasteiger charge is 2.14. The van der Waals surface area contributed by atoms with Crippen LogP contribution in [0.15, 0.2) is 48.5 Å². The minimum absolute atomic E-state index is 0.262. The fourth-order valence-corrected chi connectivity index (χ4v) is 2.06. The number of rotatable bonds is 6. The molecule has 0 unspecified atom stereocenters. The zero-order chi connectivity index (χ0) is 17.5. The normalized spacial score (nSPS) is 11.5. The molecule has 1 N–H and O–H groups in total. The first-order chi connectivity index (χ1) is 11.5. The molecule has 2 aromatic rings. The van der Waals surface area contributed by atoms with Gasteiger partial charge in [-0.05, 0) is 42.8 Å². The standard InChI is InChI=1S/C18H18FNO4/c1-12(13-6-8-15(19)9-7-13)24-17(21)11-20-18(22)14-4-3-5-16(10-14)23-2/h3-10,12H,11H2,1-2H3,(H,20,22)/t12-/m0/s1. The number of esters is 1. The van der Waals surface area contributed by atoms with E-state index in [1.807, 2.05) is 0 Å². The molecule has 0 aliphatic heterocycles. The molecule has 5 nitrogen and oxygen atoms in total. The molecule has 0 spiro atoms. The van der Waals surface area contributed by atoms with Crippen LogP contribution in [0.5, 0.6) is 5.75 Å². The molecule has 24 heavy (non-hydrogen) atoms. The summed E-state index contributed by atoms with van der Waals surface area (Å²) < 4.78 is 23.1. The quantitative estimate of drug-likeness (QED) is 0.827. The fourth-order valence-electron chi connectivity index (χ4n) is 2.06. The summed E-state index contributed by atoms with van der Waals surface area (Å²) in [6.07, 6.45) is -0.535. The zero-order valence-electron chi connectivity index (χ0n) is 13.4. The van der Waals surface area contributed by atoms with Crippen molar-refractivity contribution in [1.29, 1.82) is 0 Å². The molecule has 0 aliphatic rings. The van der Waals surface area contributed by atoms with Gasteiger partial charge < -0.3 is 14.8 Å². The van der Waals surface area contributed by atoms with E-state index in [-0.39, 0.29) is 12.4 Å². The molecule has 126 valence electrons. The number of carbonyl (C=O) groups excluding carboxylic acids is 2.